The van der Waals surface area contributed by atoms with E-state index in [4.69, 9.17) is 15.3 Å². The summed E-state index contributed by atoms with van der Waals surface area (Å²) >= 11 is 0. The van der Waals surface area contributed by atoms with Crippen molar-refractivity contribution < 1.29 is 24.9 Å². The second-order valence-electron chi connectivity index (χ2n) is 3.18. The molecule has 0 fully saturated rings. The maximum Gasteiger partial charge on any atom is 0.328 e. The lowest BCUT2D eigenvalue weighted by Crippen LogP contribution is -2.49. The summed E-state index contributed by atoms with van der Waals surface area (Å²) in [5, 5.41) is 28.1. The first-order valence-electron chi connectivity index (χ1n) is 5.06. The van der Waals surface area contributed by atoms with Gasteiger partial charge in [0.15, 0.2) is 6.04 Å². The first-order valence-corrected chi connectivity index (χ1v) is 5.06. The molecule has 0 heterocycles. The van der Waals surface area contributed by atoms with Gasteiger partial charge in [0.05, 0.1) is 6.61 Å². The predicted octanol–water partition coefficient (Wildman–Crippen LogP) is -1.15. The van der Waals surface area contributed by atoms with Crippen LogP contribution in [0.25, 0.3) is 0 Å². The fraction of sp³-hybridized carbons (Fsp3) is 0.778. The van der Waals surface area contributed by atoms with E-state index in [0.717, 1.165) is 0 Å². The van der Waals surface area contributed by atoms with Crippen LogP contribution in [0.15, 0.2) is 0 Å². The lowest BCUT2D eigenvalue weighted by molar-refractivity contribution is -0.140. The molecule has 0 aromatic carbocycles. The van der Waals surface area contributed by atoms with Gasteiger partial charge in [-0.1, -0.05) is 0 Å². The highest BCUT2D eigenvalue weighted by atomic mass is 16.4. The minimum absolute atomic E-state index is 0.0356. The minimum Gasteiger partial charge on any atom is -0.480 e. The predicted molar refractivity (Wildman–Crippen MR) is 56.0 cm³/mol. The molecule has 0 bridgehead atoms. The van der Waals surface area contributed by atoms with E-state index < -0.39 is 24.6 Å². The minimum atomic E-state index is -1.30. The van der Waals surface area contributed by atoms with Gasteiger partial charge in [-0.2, -0.15) is 0 Å². The quantitative estimate of drug-likeness (QED) is 0.444. The Morgan fingerprint density at radius 2 is 2.00 bits per heavy atom. The summed E-state index contributed by atoms with van der Waals surface area (Å²) in [6.45, 7) is 1.80. The molecule has 0 aliphatic heterocycles. The largest absolute Gasteiger partial charge is 0.480 e. The number of carbonyl (C=O) groups excluding carboxylic acids is 1. The molecule has 1 atom stereocenters. The summed E-state index contributed by atoms with van der Waals surface area (Å²) < 4.78 is 0. The van der Waals surface area contributed by atoms with Gasteiger partial charge < -0.3 is 25.5 Å². The van der Waals surface area contributed by atoms with E-state index in [0.29, 0.717) is 19.5 Å². The average Bonchev–Trinajstić information content (AvgIpc) is 2.26. The third-order valence-corrected chi connectivity index (χ3v) is 2.03. The maximum atomic E-state index is 11.5. The number of rotatable bonds is 7. The third-order valence-electron chi connectivity index (χ3n) is 2.03. The van der Waals surface area contributed by atoms with E-state index >= 15 is 0 Å². The Labute approximate surface area is 93.7 Å². The summed E-state index contributed by atoms with van der Waals surface area (Å²) in [4.78, 5) is 23.4. The Hall–Kier alpha value is -1.34. The van der Waals surface area contributed by atoms with Gasteiger partial charge in [0.2, 0.25) is 0 Å². The molecule has 7 nitrogen and oxygen atoms in total. The van der Waals surface area contributed by atoms with E-state index in [2.05, 4.69) is 5.32 Å². The molecule has 94 valence electrons. The normalized spacial score (nSPS) is 11.9. The molecule has 0 aromatic rings. The Morgan fingerprint density at radius 3 is 2.38 bits per heavy atom. The zero-order valence-electron chi connectivity index (χ0n) is 9.22. The van der Waals surface area contributed by atoms with Crippen molar-refractivity contribution >= 4 is 12.0 Å². The van der Waals surface area contributed by atoms with Crippen molar-refractivity contribution in [2.45, 2.75) is 19.4 Å². The van der Waals surface area contributed by atoms with Crippen molar-refractivity contribution in [2.75, 3.05) is 26.3 Å². The summed E-state index contributed by atoms with van der Waals surface area (Å²) in [5.74, 6) is -1.28. The zero-order valence-corrected chi connectivity index (χ0v) is 9.22. The third kappa shape index (κ3) is 4.94. The number of hydrogen-bond donors (Lipinski definition) is 4. The number of carboxylic acid groups (broad SMARTS) is 1. The number of aliphatic hydroxyl groups is 2. The molecule has 0 rings (SSSR count). The van der Waals surface area contributed by atoms with Crippen LogP contribution >= 0.6 is 0 Å². The van der Waals surface area contributed by atoms with Crippen LogP contribution in [0, 0.1) is 0 Å². The van der Waals surface area contributed by atoms with Crippen LogP contribution < -0.4 is 5.32 Å². The van der Waals surface area contributed by atoms with Gasteiger partial charge in [0, 0.05) is 19.7 Å². The molecule has 4 N–H and O–H groups in total. The number of hydrogen-bond acceptors (Lipinski definition) is 4. The lowest BCUT2D eigenvalue weighted by atomic mass is 10.3. The molecular weight excluding hydrogens is 216 g/mol. The van der Waals surface area contributed by atoms with Crippen molar-refractivity contribution in [1.82, 2.24) is 10.2 Å². The summed E-state index contributed by atoms with van der Waals surface area (Å²) in [5.41, 5.74) is 0. The molecule has 7 heteroatoms. The molecule has 0 aliphatic rings. The van der Waals surface area contributed by atoms with Gasteiger partial charge in [-0.05, 0) is 13.3 Å². The Balaban J connectivity index is 4.23. The molecule has 16 heavy (non-hydrogen) atoms. The molecule has 0 saturated heterocycles. The van der Waals surface area contributed by atoms with Gasteiger partial charge in [-0.15, -0.1) is 0 Å². The van der Waals surface area contributed by atoms with E-state index in [9.17, 15) is 9.59 Å². The average molecular weight is 234 g/mol. The van der Waals surface area contributed by atoms with Gasteiger partial charge in [-0.3, -0.25) is 0 Å². The summed E-state index contributed by atoms with van der Waals surface area (Å²) in [6, 6.07) is -1.85. The number of nitrogens with zero attached hydrogens (tertiary/aromatic N) is 1. The smallest absolute Gasteiger partial charge is 0.328 e. The van der Waals surface area contributed by atoms with Gasteiger partial charge in [0.1, 0.15) is 0 Å². The number of nitrogens with one attached hydrogen (secondary N) is 1. The first kappa shape index (κ1) is 14.7. The van der Waals surface area contributed by atoms with Crippen molar-refractivity contribution in [2.24, 2.45) is 0 Å². The Morgan fingerprint density at radius 1 is 1.38 bits per heavy atom. The molecule has 0 saturated carbocycles. The highest BCUT2D eigenvalue weighted by Crippen LogP contribution is 1.94. The number of amides is 2. The highest BCUT2D eigenvalue weighted by molar-refractivity contribution is 5.82. The molecule has 0 aliphatic carbocycles. The van der Waals surface area contributed by atoms with E-state index in [1.54, 1.807) is 6.92 Å². The van der Waals surface area contributed by atoms with Crippen LogP contribution in [0.4, 0.5) is 4.79 Å². The Bertz CT molecular complexity index is 234. The van der Waals surface area contributed by atoms with Gasteiger partial charge in [0.25, 0.3) is 0 Å². The second-order valence-corrected chi connectivity index (χ2v) is 3.18. The van der Waals surface area contributed by atoms with Crippen molar-refractivity contribution in [3.63, 3.8) is 0 Å². The first-order chi connectivity index (χ1) is 7.56. The van der Waals surface area contributed by atoms with Crippen LogP contribution in [0.2, 0.25) is 0 Å². The van der Waals surface area contributed by atoms with Gasteiger partial charge >= 0.3 is 12.0 Å². The standard InChI is InChI=1S/C9H18N2O5/c1-2-11(4-3-5-12)9(16)10-7(6-13)8(14)15/h7,12-13H,2-6H2,1H3,(H,10,16)(H,14,15)/t7-/m1/s1. The maximum absolute atomic E-state index is 11.5. The van der Waals surface area contributed by atoms with Crippen LogP contribution in [-0.4, -0.2) is 64.6 Å². The van der Waals surface area contributed by atoms with E-state index in [1.807, 2.05) is 0 Å². The fourth-order valence-corrected chi connectivity index (χ4v) is 1.09. The number of aliphatic hydroxyl groups excluding tert-OH is 2. The molecule has 0 unspecified atom stereocenters. The van der Waals surface area contributed by atoms with E-state index in [1.165, 1.54) is 4.90 Å². The van der Waals surface area contributed by atoms with Crippen LogP contribution in [0.3, 0.4) is 0 Å². The van der Waals surface area contributed by atoms with Crippen LogP contribution in [0.5, 0.6) is 0 Å². The van der Waals surface area contributed by atoms with Crippen LogP contribution in [0.1, 0.15) is 13.3 Å². The van der Waals surface area contributed by atoms with Gasteiger partial charge in [-0.25, -0.2) is 9.59 Å². The molecule has 2 amide bonds. The monoisotopic (exact) mass is 234 g/mol. The molecular formula is C9H18N2O5. The van der Waals surface area contributed by atoms with E-state index in [-0.39, 0.29) is 6.61 Å². The zero-order chi connectivity index (χ0) is 12.6. The van der Waals surface area contributed by atoms with Crippen molar-refractivity contribution in [1.29, 1.82) is 0 Å². The summed E-state index contributed by atoms with van der Waals surface area (Å²) in [7, 11) is 0. The fourth-order valence-electron chi connectivity index (χ4n) is 1.09. The number of urea groups is 1. The second kappa shape index (κ2) is 7.89. The highest BCUT2D eigenvalue weighted by Gasteiger charge is 2.21. The number of carboxylic acids is 1. The lowest BCUT2D eigenvalue weighted by Gasteiger charge is -2.22. The van der Waals surface area contributed by atoms with Crippen molar-refractivity contribution in [3.8, 4) is 0 Å². The van der Waals surface area contributed by atoms with Crippen molar-refractivity contribution in [3.05, 3.63) is 0 Å². The number of aliphatic carboxylic acids is 1. The molecule has 0 spiro atoms. The Kier molecular flexibility index (Phi) is 7.23. The van der Waals surface area contributed by atoms with Crippen LogP contribution in [-0.2, 0) is 4.79 Å². The molecule has 0 aromatic heterocycles. The SMILES string of the molecule is CCN(CCCO)C(=O)N[C@H](CO)C(=O)O. The molecule has 0 radical (unpaired) electrons. The topological polar surface area (TPSA) is 110 Å². The number of carbonyl (C=O) groups is 2. The summed E-state index contributed by atoms with van der Waals surface area (Å²) in [6.07, 6.45) is 0.429.